The van der Waals surface area contributed by atoms with Gasteiger partial charge in [-0.3, -0.25) is 14.7 Å². The molecule has 2 aliphatic rings. The first-order chi connectivity index (χ1) is 17.4. The van der Waals surface area contributed by atoms with Crippen LogP contribution in [0.4, 0.5) is 0 Å². The van der Waals surface area contributed by atoms with E-state index in [-0.39, 0.29) is 12.5 Å². The van der Waals surface area contributed by atoms with Crippen molar-refractivity contribution in [1.29, 1.82) is 0 Å². The van der Waals surface area contributed by atoms with Gasteiger partial charge in [-0.1, -0.05) is 24.3 Å². The maximum atomic E-state index is 13.5. The van der Waals surface area contributed by atoms with Gasteiger partial charge in [-0.2, -0.15) is 0 Å². The van der Waals surface area contributed by atoms with Gasteiger partial charge in [0.2, 0.25) is 0 Å². The molecule has 2 aromatic carbocycles. The zero-order chi connectivity index (χ0) is 25.1. The number of fused-ring (bicyclic) bond motifs is 2. The van der Waals surface area contributed by atoms with E-state index in [0.29, 0.717) is 36.8 Å². The van der Waals surface area contributed by atoms with Crippen LogP contribution in [0.3, 0.4) is 0 Å². The fourth-order valence-electron chi connectivity index (χ4n) is 5.00. The van der Waals surface area contributed by atoms with Gasteiger partial charge >= 0.3 is 0 Å². The van der Waals surface area contributed by atoms with Crippen molar-refractivity contribution in [3.05, 3.63) is 89.2 Å². The van der Waals surface area contributed by atoms with Gasteiger partial charge in [-0.15, -0.1) is 0 Å². The van der Waals surface area contributed by atoms with E-state index in [1.807, 2.05) is 26.0 Å². The van der Waals surface area contributed by atoms with E-state index in [2.05, 4.69) is 34.1 Å². The second-order valence-electron chi connectivity index (χ2n) is 10.3. The molecule has 1 atom stereocenters. The van der Waals surface area contributed by atoms with Gasteiger partial charge in [0.05, 0.1) is 18.2 Å². The Morgan fingerprint density at radius 2 is 1.86 bits per heavy atom. The lowest BCUT2D eigenvalue weighted by Gasteiger charge is -2.33. The molecule has 5 rings (SSSR count). The Kier molecular flexibility index (Phi) is 6.94. The van der Waals surface area contributed by atoms with Crippen LogP contribution in [0, 0.1) is 0 Å². The van der Waals surface area contributed by atoms with Crippen molar-refractivity contribution in [1.82, 2.24) is 14.8 Å². The number of β-amino-alcohol motifs (C(OH)–C–C–N with tert-alkyl or cyclic N) is 1. The highest BCUT2D eigenvalue weighted by atomic mass is 16.5. The van der Waals surface area contributed by atoms with E-state index in [4.69, 9.17) is 9.47 Å². The molecule has 0 saturated carbocycles. The molecule has 1 unspecified atom stereocenters. The number of aromatic nitrogens is 1. The Bertz CT molecular complexity index is 1210. The maximum Gasteiger partial charge on any atom is 0.257 e. The minimum Gasteiger partial charge on any atom is -0.489 e. The largest absolute Gasteiger partial charge is 0.489 e. The predicted molar refractivity (Wildman–Crippen MR) is 137 cm³/mol. The van der Waals surface area contributed by atoms with Crippen molar-refractivity contribution in [2.24, 2.45) is 0 Å². The average molecular weight is 488 g/mol. The van der Waals surface area contributed by atoms with Crippen LogP contribution in [0.1, 0.15) is 40.9 Å². The molecule has 3 aromatic rings. The van der Waals surface area contributed by atoms with Crippen molar-refractivity contribution < 1.29 is 19.4 Å². The smallest absolute Gasteiger partial charge is 0.257 e. The summed E-state index contributed by atoms with van der Waals surface area (Å²) in [6, 6.07) is 17.6. The fraction of sp³-hybridized carbons (Fsp3) is 0.379. The van der Waals surface area contributed by atoms with Gasteiger partial charge in [-0.25, -0.2) is 0 Å². The van der Waals surface area contributed by atoms with Crippen molar-refractivity contribution in [2.45, 2.75) is 45.1 Å². The van der Waals surface area contributed by atoms with Crippen LogP contribution in [0.5, 0.6) is 11.5 Å². The summed E-state index contributed by atoms with van der Waals surface area (Å²) in [6.07, 6.45) is 3.78. The summed E-state index contributed by atoms with van der Waals surface area (Å²) >= 11 is 0. The highest BCUT2D eigenvalue weighted by molar-refractivity contribution is 5.97. The fourth-order valence-corrected chi connectivity index (χ4v) is 5.00. The van der Waals surface area contributed by atoms with Crippen LogP contribution in [0.2, 0.25) is 0 Å². The summed E-state index contributed by atoms with van der Waals surface area (Å²) in [4.78, 5) is 21.5. The van der Waals surface area contributed by atoms with E-state index in [1.54, 1.807) is 35.5 Å². The van der Waals surface area contributed by atoms with Gasteiger partial charge in [-0.05, 0) is 61.2 Å². The van der Waals surface area contributed by atoms with Crippen LogP contribution in [0.25, 0.3) is 0 Å². The number of amides is 1. The lowest BCUT2D eigenvalue weighted by atomic mass is 9.99. The normalized spacial score (nSPS) is 18.0. The molecule has 0 saturated heterocycles. The van der Waals surface area contributed by atoms with Crippen molar-refractivity contribution in [2.75, 3.05) is 26.2 Å². The third kappa shape index (κ3) is 5.69. The summed E-state index contributed by atoms with van der Waals surface area (Å²) in [6.45, 7) is 7.20. The SMILES string of the molecule is CC1(C)CN(CC(O)CN2CCc3ccccc3C2)C(=O)c2ccc(OCc3ccncc3)cc2O1. The number of nitrogens with zero attached hydrogens (tertiary/aromatic N) is 3. The molecule has 0 radical (unpaired) electrons. The van der Waals surface area contributed by atoms with Crippen molar-refractivity contribution >= 4 is 5.91 Å². The number of aliphatic hydroxyl groups excluding tert-OH is 1. The minimum absolute atomic E-state index is 0.140. The zero-order valence-electron chi connectivity index (χ0n) is 20.9. The third-order valence-corrected chi connectivity index (χ3v) is 6.69. The quantitative estimate of drug-likeness (QED) is 0.548. The molecule has 0 spiro atoms. The van der Waals surface area contributed by atoms with Crippen LogP contribution in [0.15, 0.2) is 67.0 Å². The minimum atomic E-state index is -0.653. The molecule has 7 heteroatoms. The first-order valence-corrected chi connectivity index (χ1v) is 12.5. The van der Waals surface area contributed by atoms with Crippen LogP contribution < -0.4 is 9.47 Å². The van der Waals surface area contributed by atoms with Gasteiger partial charge < -0.3 is 19.5 Å². The molecule has 7 nitrogen and oxygen atoms in total. The van der Waals surface area contributed by atoms with Crippen molar-refractivity contribution in [3.63, 3.8) is 0 Å². The second kappa shape index (κ2) is 10.3. The van der Waals surface area contributed by atoms with Crippen LogP contribution >= 0.6 is 0 Å². The molecule has 0 aliphatic carbocycles. The monoisotopic (exact) mass is 487 g/mol. The molecule has 1 N–H and O–H groups in total. The summed E-state index contributed by atoms with van der Waals surface area (Å²) in [5, 5.41) is 11.0. The van der Waals surface area contributed by atoms with E-state index in [9.17, 15) is 9.90 Å². The Morgan fingerprint density at radius 3 is 2.67 bits per heavy atom. The number of ether oxygens (including phenoxy) is 2. The number of aliphatic hydroxyl groups is 1. The number of rotatable bonds is 7. The number of hydrogen-bond donors (Lipinski definition) is 1. The molecule has 3 heterocycles. The summed E-state index contributed by atoms with van der Waals surface area (Å²) in [7, 11) is 0. The molecule has 188 valence electrons. The van der Waals surface area contributed by atoms with E-state index in [0.717, 1.165) is 25.1 Å². The topological polar surface area (TPSA) is 75.1 Å². The first-order valence-electron chi connectivity index (χ1n) is 12.5. The van der Waals surface area contributed by atoms with Gasteiger partial charge in [0.25, 0.3) is 5.91 Å². The molecule has 36 heavy (non-hydrogen) atoms. The van der Waals surface area contributed by atoms with Crippen LogP contribution in [-0.4, -0.2) is 63.7 Å². The Morgan fingerprint density at radius 1 is 1.08 bits per heavy atom. The number of hydrogen-bond acceptors (Lipinski definition) is 6. The number of pyridine rings is 1. The second-order valence-corrected chi connectivity index (χ2v) is 10.3. The molecule has 2 aliphatic heterocycles. The van der Waals surface area contributed by atoms with Gasteiger partial charge in [0.1, 0.15) is 23.7 Å². The van der Waals surface area contributed by atoms with Crippen LogP contribution in [-0.2, 0) is 19.6 Å². The van der Waals surface area contributed by atoms with Gasteiger partial charge in [0.15, 0.2) is 0 Å². The summed E-state index contributed by atoms with van der Waals surface area (Å²) < 4.78 is 12.2. The molecular weight excluding hydrogens is 454 g/mol. The Labute approximate surface area is 212 Å². The maximum absolute atomic E-state index is 13.5. The Hall–Kier alpha value is -3.42. The van der Waals surface area contributed by atoms with E-state index >= 15 is 0 Å². The first kappa shape index (κ1) is 24.3. The molecular formula is C29H33N3O4. The lowest BCUT2D eigenvalue weighted by molar-refractivity contribution is 0.0287. The number of benzene rings is 2. The molecule has 1 amide bonds. The lowest BCUT2D eigenvalue weighted by Crippen LogP contribution is -2.48. The Balaban J connectivity index is 1.25. The number of carbonyl (C=O) groups excluding carboxylic acids is 1. The standard InChI is InChI=1S/C29H33N3O4/c1-29(2)20-32(18-24(33)17-31-14-11-22-5-3-4-6-23(22)16-31)28(34)26-8-7-25(15-27(26)36-29)35-19-21-9-12-30-13-10-21/h3-10,12-13,15,24,33H,11,14,16-20H2,1-2H3. The zero-order valence-corrected chi connectivity index (χ0v) is 20.9. The highest BCUT2D eigenvalue weighted by Crippen LogP contribution is 2.33. The number of carbonyl (C=O) groups is 1. The van der Waals surface area contributed by atoms with E-state index in [1.165, 1.54) is 11.1 Å². The van der Waals surface area contributed by atoms with E-state index < -0.39 is 11.7 Å². The predicted octanol–water partition coefficient (Wildman–Crippen LogP) is 3.69. The van der Waals surface area contributed by atoms with Gasteiger partial charge in [0, 0.05) is 44.6 Å². The molecule has 0 bridgehead atoms. The summed E-state index contributed by atoms with van der Waals surface area (Å²) in [5.74, 6) is 0.995. The summed E-state index contributed by atoms with van der Waals surface area (Å²) in [5.41, 5.74) is 3.57. The van der Waals surface area contributed by atoms with Crippen molar-refractivity contribution in [3.8, 4) is 11.5 Å². The average Bonchev–Trinajstić information content (AvgIpc) is 2.95. The third-order valence-electron chi connectivity index (χ3n) is 6.69. The molecule has 1 aromatic heterocycles. The molecule has 0 fully saturated rings. The highest BCUT2D eigenvalue weighted by Gasteiger charge is 2.35.